The Balaban J connectivity index is 4.21. The summed E-state index contributed by atoms with van der Waals surface area (Å²) in [5, 5.41) is 2.51. The lowest BCUT2D eigenvalue weighted by Gasteiger charge is -2.25. The lowest BCUT2D eigenvalue weighted by Crippen LogP contribution is -2.50. The van der Waals surface area contributed by atoms with Crippen molar-refractivity contribution in [3.05, 3.63) is 0 Å². The van der Waals surface area contributed by atoms with Crippen molar-refractivity contribution in [3.63, 3.8) is 0 Å². The van der Waals surface area contributed by atoms with E-state index >= 15 is 0 Å². The molecule has 0 saturated heterocycles. The molecule has 0 aliphatic carbocycles. The van der Waals surface area contributed by atoms with Gasteiger partial charge in [-0.15, -0.1) is 0 Å². The van der Waals surface area contributed by atoms with E-state index in [9.17, 15) is 9.59 Å². The van der Waals surface area contributed by atoms with Gasteiger partial charge >= 0.3 is 0 Å². The second-order valence-electron chi connectivity index (χ2n) is 3.38. The van der Waals surface area contributed by atoms with Gasteiger partial charge in [-0.25, -0.2) is 5.84 Å². The molecule has 0 aromatic heterocycles. The SMILES string of the molecule is CNC(=O)CCN(C)C(COC)C(=O)NN. The molecule has 0 bridgehead atoms. The molecule has 0 rings (SSSR count). The van der Waals surface area contributed by atoms with Crippen LogP contribution in [0.3, 0.4) is 0 Å². The van der Waals surface area contributed by atoms with Crippen LogP contribution in [0.25, 0.3) is 0 Å². The van der Waals surface area contributed by atoms with Crippen LogP contribution in [0.2, 0.25) is 0 Å². The summed E-state index contributed by atoms with van der Waals surface area (Å²) in [5.74, 6) is 4.66. The lowest BCUT2D eigenvalue weighted by atomic mass is 10.2. The van der Waals surface area contributed by atoms with Gasteiger partial charge < -0.3 is 10.1 Å². The average Bonchev–Trinajstić information content (AvgIpc) is 2.31. The molecule has 0 aliphatic rings. The van der Waals surface area contributed by atoms with Crippen LogP contribution in [0.15, 0.2) is 0 Å². The monoisotopic (exact) mass is 232 g/mol. The van der Waals surface area contributed by atoms with Crippen molar-refractivity contribution in [2.45, 2.75) is 12.5 Å². The first-order valence-corrected chi connectivity index (χ1v) is 4.97. The first kappa shape index (κ1) is 14.8. The van der Waals surface area contributed by atoms with Crippen molar-refractivity contribution >= 4 is 11.8 Å². The normalized spacial score (nSPS) is 12.3. The topological polar surface area (TPSA) is 96.7 Å². The van der Waals surface area contributed by atoms with Gasteiger partial charge in [-0.1, -0.05) is 0 Å². The number of nitrogens with one attached hydrogen (secondary N) is 2. The van der Waals surface area contributed by atoms with E-state index in [4.69, 9.17) is 10.6 Å². The van der Waals surface area contributed by atoms with Gasteiger partial charge in [-0.05, 0) is 7.05 Å². The molecule has 0 aromatic rings. The van der Waals surface area contributed by atoms with Crippen LogP contribution < -0.4 is 16.6 Å². The molecule has 7 heteroatoms. The van der Waals surface area contributed by atoms with Gasteiger partial charge in [0.15, 0.2) is 0 Å². The third-order valence-corrected chi connectivity index (χ3v) is 2.27. The summed E-state index contributed by atoms with van der Waals surface area (Å²) in [6.07, 6.45) is 0.324. The number of hydrazine groups is 1. The van der Waals surface area contributed by atoms with E-state index < -0.39 is 6.04 Å². The van der Waals surface area contributed by atoms with Crippen LogP contribution in [0.5, 0.6) is 0 Å². The van der Waals surface area contributed by atoms with Crippen molar-refractivity contribution in [2.75, 3.05) is 34.4 Å². The second kappa shape index (κ2) is 8.03. The number of methoxy groups -OCH3 is 1. The molecule has 4 N–H and O–H groups in total. The van der Waals surface area contributed by atoms with Crippen LogP contribution in [-0.4, -0.2) is 57.1 Å². The van der Waals surface area contributed by atoms with E-state index in [1.54, 1.807) is 19.0 Å². The molecule has 0 saturated carbocycles. The number of carbonyl (C=O) groups is 2. The fourth-order valence-corrected chi connectivity index (χ4v) is 1.22. The standard InChI is InChI=1S/C9H20N4O3/c1-11-8(14)4-5-13(2)7(6-16-3)9(15)12-10/h7H,4-6,10H2,1-3H3,(H,11,14)(H,12,15). The summed E-state index contributed by atoms with van der Waals surface area (Å²) in [4.78, 5) is 24.2. The highest BCUT2D eigenvalue weighted by Crippen LogP contribution is 1.99. The predicted octanol–water partition coefficient (Wildman–Crippen LogP) is -1.94. The minimum Gasteiger partial charge on any atom is -0.383 e. The number of likely N-dealkylation sites (N-methyl/N-ethyl adjacent to an activating group) is 1. The smallest absolute Gasteiger partial charge is 0.253 e. The van der Waals surface area contributed by atoms with Gasteiger partial charge in [-0.2, -0.15) is 0 Å². The molecular formula is C9H20N4O3. The number of hydrogen-bond acceptors (Lipinski definition) is 5. The lowest BCUT2D eigenvalue weighted by molar-refractivity contribution is -0.129. The van der Waals surface area contributed by atoms with Crippen molar-refractivity contribution in [1.82, 2.24) is 15.6 Å². The Labute approximate surface area is 95.3 Å². The quantitative estimate of drug-likeness (QED) is 0.269. The molecule has 0 aliphatic heterocycles. The van der Waals surface area contributed by atoms with E-state index in [1.165, 1.54) is 7.11 Å². The van der Waals surface area contributed by atoms with Gasteiger partial charge in [-0.3, -0.25) is 19.9 Å². The van der Waals surface area contributed by atoms with E-state index in [0.29, 0.717) is 13.0 Å². The van der Waals surface area contributed by atoms with Crippen LogP contribution >= 0.6 is 0 Å². The molecule has 1 unspecified atom stereocenters. The number of nitrogens with two attached hydrogens (primary N) is 1. The molecule has 0 aromatic carbocycles. The van der Waals surface area contributed by atoms with Crippen molar-refractivity contribution < 1.29 is 14.3 Å². The highest BCUT2D eigenvalue weighted by molar-refractivity contribution is 5.81. The molecule has 1 atom stereocenters. The number of nitrogens with zero attached hydrogens (tertiary/aromatic N) is 1. The minimum atomic E-state index is -0.486. The molecule has 0 heterocycles. The summed E-state index contributed by atoms with van der Waals surface area (Å²) < 4.78 is 4.92. The number of rotatable bonds is 7. The Hall–Kier alpha value is -1.18. The van der Waals surface area contributed by atoms with E-state index in [0.717, 1.165) is 0 Å². The summed E-state index contributed by atoms with van der Waals surface area (Å²) in [6.45, 7) is 0.689. The van der Waals surface area contributed by atoms with Crippen LogP contribution in [0.4, 0.5) is 0 Å². The molecule has 16 heavy (non-hydrogen) atoms. The Bertz CT molecular complexity index is 235. The molecule has 2 amide bonds. The maximum absolute atomic E-state index is 11.4. The zero-order valence-electron chi connectivity index (χ0n) is 9.95. The van der Waals surface area contributed by atoms with Gasteiger partial charge in [0.2, 0.25) is 5.91 Å². The zero-order chi connectivity index (χ0) is 12.6. The van der Waals surface area contributed by atoms with Gasteiger partial charge in [0, 0.05) is 27.1 Å². The highest BCUT2D eigenvalue weighted by atomic mass is 16.5. The molecule has 7 nitrogen and oxygen atoms in total. The maximum atomic E-state index is 11.4. The number of amides is 2. The molecular weight excluding hydrogens is 212 g/mol. The predicted molar refractivity (Wildman–Crippen MR) is 59.3 cm³/mol. The summed E-state index contributed by atoms with van der Waals surface area (Å²) in [6, 6.07) is -0.486. The fraction of sp³-hybridized carbons (Fsp3) is 0.778. The van der Waals surface area contributed by atoms with Crippen LogP contribution in [0, 0.1) is 0 Å². The Morgan fingerprint density at radius 3 is 2.56 bits per heavy atom. The summed E-state index contributed by atoms with van der Waals surface area (Å²) >= 11 is 0. The van der Waals surface area contributed by atoms with Crippen molar-refractivity contribution in [3.8, 4) is 0 Å². The average molecular weight is 232 g/mol. The maximum Gasteiger partial charge on any atom is 0.253 e. The van der Waals surface area contributed by atoms with Crippen molar-refractivity contribution in [1.29, 1.82) is 0 Å². The van der Waals surface area contributed by atoms with Gasteiger partial charge in [0.05, 0.1) is 6.61 Å². The third-order valence-electron chi connectivity index (χ3n) is 2.27. The summed E-state index contributed by atoms with van der Waals surface area (Å²) in [7, 11) is 4.81. The number of ether oxygens (including phenoxy) is 1. The van der Waals surface area contributed by atoms with Crippen molar-refractivity contribution in [2.24, 2.45) is 5.84 Å². The Morgan fingerprint density at radius 1 is 1.50 bits per heavy atom. The summed E-state index contributed by atoms with van der Waals surface area (Å²) in [5.41, 5.74) is 2.07. The largest absolute Gasteiger partial charge is 0.383 e. The highest BCUT2D eigenvalue weighted by Gasteiger charge is 2.22. The second-order valence-corrected chi connectivity index (χ2v) is 3.38. The van der Waals surface area contributed by atoms with E-state index in [-0.39, 0.29) is 18.4 Å². The third kappa shape index (κ3) is 5.06. The van der Waals surface area contributed by atoms with Crippen LogP contribution in [0.1, 0.15) is 6.42 Å². The molecule has 94 valence electrons. The van der Waals surface area contributed by atoms with Gasteiger partial charge in [0.25, 0.3) is 5.91 Å². The Morgan fingerprint density at radius 2 is 2.12 bits per heavy atom. The van der Waals surface area contributed by atoms with Crippen LogP contribution in [-0.2, 0) is 14.3 Å². The fourth-order valence-electron chi connectivity index (χ4n) is 1.22. The van der Waals surface area contributed by atoms with E-state index in [2.05, 4.69) is 10.7 Å². The Kier molecular flexibility index (Phi) is 7.44. The molecule has 0 spiro atoms. The molecule has 0 radical (unpaired) electrons. The van der Waals surface area contributed by atoms with Gasteiger partial charge in [0.1, 0.15) is 6.04 Å². The molecule has 0 fully saturated rings. The minimum absolute atomic E-state index is 0.0730. The number of carbonyl (C=O) groups excluding carboxylic acids is 2. The van der Waals surface area contributed by atoms with E-state index in [1.807, 2.05) is 0 Å². The first-order chi connectivity index (χ1) is 7.56. The first-order valence-electron chi connectivity index (χ1n) is 4.97. The number of hydrogen-bond donors (Lipinski definition) is 3. The zero-order valence-corrected chi connectivity index (χ0v) is 9.95.